The molecule has 1 aromatic heterocycles. The number of carboxylic acid groups (broad SMARTS) is 1. The molecule has 1 aromatic carbocycles. The summed E-state index contributed by atoms with van der Waals surface area (Å²) in [6.07, 6.45) is 0.203. The monoisotopic (exact) mass is 372 g/mol. The standard InChI is InChI=1S/C13H13BrN2O4S/c1-20-12(19)4-5-16-10-6-8(14)2-3-9(10)15-13(16)21-7-11(17)18/h2-3,6H,4-5,7H2,1H3,(H,17,18). The predicted molar refractivity (Wildman–Crippen MR) is 82.4 cm³/mol. The van der Waals surface area contributed by atoms with E-state index >= 15 is 0 Å². The number of methoxy groups -OCH3 is 1. The Labute approximate surface area is 133 Å². The lowest BCUT2D eigenvalue weighted by Crippen LogP contribution is -2.08. The van der Waals surface area contributed by atoms with Crippen LogP contribution >= 0.6 is 27.7 Å². The molecule has 2 aromatic rings. The van der Waals surface area contributed by atoms with E-state index in [-0.39, 0.29) is 18.1 Å². The molecule has 0 bridgehead atoms. The summed E-state index contributed by atoms with van der Waals surface area (Å²) in [4.78, 5) is 26.5. The average Bonchev–Trinajstić information content (AvgIpc) is 2.79. The van der Waals surface area contributed by atoms with Gasteiger partial charge in [-0.3, -0.25) is 9.59 Å². The number of benzene rings is 1. The van der Waals surface area contributed by atoms with Crippen LogP contribution < -0.4 is 0 Å². The molecule has 0 atom stereocenters. The topological polar surface area (TPSA) is 81.4 Å². The van der Waals surface area contributed by atoms with Gasteiger partial charge in [-0.25, -0.2) is 4.98 Å². The number of nitrogens with zero attached hydrogens (tertiary/aromatic N) is 2. The number of hydrogen-bond donors (Lipinski definition) is 1. The maximum Gasteiger partial charge on any atom is 0.313 e. The normalized spacial score (nSPS) is 10.8. The molecule has 6 nitrogen and oxygen atoms in total. The number of halogens is 1. The zero-order valence-electron chi connectivity index (χ0n) is 11.2. The van der Waals surface area contributed by atoms with Crippen molar-refractivity contribution in [3.8, 4) is 0 Å². The zero-order valence-corrected chi connectivity index (χ0v) is 13.6. The second-order valence-corrected chi connectivity index (χ2v) is 6.05. The van der Waals surface area contributed by atoms with Gasteiger partial charge in [0.05, 0.1) is 30.3 Å². The molecule has 2 rings (SSSR count). The van der Waals surface area contributed by atoms with Crippen LogP contribution in [0.15, 0.2) is 27.8 Å². The van der Waals surface area contributed by atoms with E-state index in [9.17, 15) is 9.59 Å². The number of imidazole rings is 1. The van der Waals surface area contributed by atoms with Crippen LogP contribution in [0.4, 0.5) is 0 Å². The van der Waals surface area contributed by atoms with E-state index in [1.807, 2.05) is 22.8 Å². The van der Waals surface area contributed by atoms with Crippen LogP contribution in [0.5, 0.6) is 0 Å². The fraction of sp³-hybridized carbons (Fsp3) is 0.308. The van der Waals surface area contributed by atoms with Crippen molar-refractivity contribution < 1.29 is 19.4 Å². The lowest BCUT2D eigenvalue weighted by atomic mass is 10.3. The number of carbonyl (C=O) groups excluding carboxylic acids is 1. The zero-order chi connectivity index (χ0) is 15.4. The summed E-state index contributed by atoms with van der Waals surface area (Å²) in [7, 11) is 1.34. The van der Waals surface area contributed by atoms with Crippen molar-refractivity contribution in [2.45, 2.75) is 18.1 Å². The quantitative estimate of drug-likeness (QED) is 0.619. The van der Waals surface area contributed by atoms with Crippen LogP contribution in [-0.4, -0.2) is 39.5 Å². The molecule has 0 aliphatic rings. The number of hydrogen-bond acceptors (Lipinski definition) is 5. The van der Waals surface area contributed by atoms with E-state index in [0.717, 1.165) is 27.3 Å². The van der Waals surface area contributed by atoms with Gasteiger partial charge in [-0.1, -0.05) is 27.7 Å². The Bertz CT molecular complexity index is 686. The number of esters is 1. The van der Waals surface area contributed by atoms with E-state index in [4.69, 9.17) is 5.11 Å². The van der Waals surface area contributed by atoms with Gasteiger partial charge < -0.3 is 14.4 Å². The van der Waals surface area contributed by atoms with Gasteiger partial charge >= 0.3 is 11.9 Å². The van der Waals surface area contributed by atoms with Gasteiger partial charge in [-0.05, 0) is 18.2 Å². The summed E-state index contributed by atoms with van der Waals surface area (Å²) in [5.74, 6) is -1.31. The summed E-state index contributed by atoms with van der Waals surface area (Å²) in [6, 6.07) is 5.61. The third kappa shape index (κ3) is 3.98. The van der Waals surface area contributed by atoms with E-state index in [2.05, 4.69) is 25.7 Å². The van der Waals surface area contributed by atoms with Gasteiger partial charge in [-0.15, -0.1) is 0 Å². The largest absolute Gasteiger partial charge is 0.481 e. The van der Waals surface area contributed by atoms with Gasteiger partial charge in [0.25, 0.3) is 0 Å². The fourth-order valence-electron chi connectivity index (χ4n) is 1.83. The van der Waals surface area contributed by atoms with Crippen molar-refractivity contribution >= 4 is 50.7 Å². The Kier molecular flexibility index (Phi) is 5.24. The second kappa shape index (κ2) is 6.95. The summed E-state index contributed by atoms with van der Waals surface area (Å²) < 4.78 is 7.37. The van der Waals surface area contributed by atoms with E-state index in [1.54, 1.807) is 0 Å². The Morgan fingerprint density at radius 3 is 2.90 bits per heavy atom. The lowest BCUT2D eigenvalue weighted by molar-refractivity contribution is -0.141. The molecule has 1 heterocycles. The first-order valence-electron chi connectivity index (χ1n) is 6.08. The minimum absolute atomic E-state index is 0.0806. The number of aliphatic carboxylic acids is 1. The third-order valence-corrected chi connectivity index (χ3v) is 4.22. The number of carboxylic acids is 1. The molecule has 0 fully saturated rings. The Hall–Kier alpha value is -1.54. The van der Waals surface area contributed by atoms with E-state index < -0.39 is 5.97 Å². The molecule has 0 aliphatic heterocycles. The fourth-order valence-corrected chi connectivity index (χ4v) is 2.94. The van der Waals surface area contributed by atoms with Crippen LogP contribution in [0, 0.1) is 0 Å². The molecule has 0 spiro atoms. The lowest BCUT2D eigenvalue weighted by Gasteiger charge is -2.07. The van der Waals surface area contributed by atoms with Crippen LogP contribution in [0.3, 0.4) is 0 Å². The van der Waals surface area contributed by atoms with Gasteiger partial charge in [0.2, 0.25) is 0 Å². The highest BCUT2D eigenvalue weighted by Crippen LogP contribution is 2.26. The van der Waals surface area contributed by atoms with Gasteiger partial charge in [0.15, 0.2) is 5.16 Å². The minimum atomic E-state index is -0.909. The number of thioether (sulfide) groups is 1. The van der Waals surface area contributed by atoms with Crippen molar-refractivity contribution in [1.29, 1.82) is 0 Å². The molecule has 0 amide bonds. The Balaban J connectivity index is 2.35. The molecule has 0 aliphatic carbocycles. The molecule has 0 saturated carbocycles. The summed E-state index contributed by atoms with van der Waals surface area (Å²) >= 11 is 4.53. The van der Waals surface area contributed by atoms with Gasteiger partial charge in [-0.2, -0.15) is 0 Å². The highest BCUT2D eigenvalue weighted by atomic mass is 79.9. The van der Waals surface area contributed by atoms with Crippen molar-refractivity contribution in [2.75, 3.05) is 12.9 Å². The van der Waals surface area contributed by atoms with Crippen LogP contribution in [0.25, 0.3) is 11.0 Å². The molecule has 0 saturated heterocycles. The van der Waals surface area contributed by atoms with Gasteiger partial charge in [0, 0.05) is 11.0 Å². The number of aryl methyl sites for hydroxylation is 1. The Morgan fingerprint density at radius 1 is 1.48 bits per heavy atom. The second-order valence-electron chi connectivity index (χ2n) is 4.19. The predicted octanol–water partition coefficient (Wildman–Crippen LogP) is 2.54. The number of ether oxygens (including phenoxy) is 1. The number of aromatic nitrogens is 2. The summed E-state index contributed by atoms with van der Waals surface area (Å²) in [5.41, 5.74) is 1.61. The maximum absolute atomic E-state index is 11.3. The van der Waals surface area contributed by atoms with Gasteiger partial charge in [0.1, 0.15) is 0 Å². The maximum atomic E-state index is 11.3. The SMILES string of the molecule is COC(=O)CCn1c(SCC(=O)O)nc2ccc(Br)cc21. The van der Waals surface area contributed by atoms with Crippen molar-refractivity contribution in [3.63, 3.8) is 0 Å². The molecular weight excluding hydrogens is 360 g/mol. The molecule has 0 unspecified atom stereocenters. The number of carbonyl (C=O) groups is 2. The first kappa shape index (κ1) is 15.8. The first-order chi connectivity index (χ1) is 10.0. The Morgan fingerprint density at radius 2 is 2.24 bits per heavy atom. The number of rotatable bonds is 6. The van der Waals surface area contributed by atoms with Crippen molar-refractivity contribution in [1.82, 2.24) is 9.55 Å². The van der Waals surface area contributed by atoms with E-state index in [0.29, 0.717) is 11.7 Å². The molecule has 0 radical (unpaired) electrons. The molecule has 21 heavy (non-hydrogen) atoms. The van der Waals surface area contributed by atoms with E-state index in [1.165, 1.54) is 7.11 Å². The smallest absolute Gasteiger partial charge is 0.313 e. The van der Waals surface area contributed by atoms with Crippen molar-refractivity contribution in [2.24, 2.45) is 0 Å². The first-order valence-corrected chi connectivity index (χ1v) is 7.86. The van der Waals surface area contributed by atoms with Crippen molar-refractivity contribution in [3.05, 3.63) is 22.7 Å². The van der Waals surface area contributed by atoms with Crippen LogP contribution in [0.1, 0.15) is 6.42 Å². The molecular formula is C13H13BrN2O4S. The highest BCUT2D eigenvalue weighted by molar-refractivity contribution is 9.10. The summed E-state index contributed by atoms with van der Waals surface area (Å²) in [6.45, 7) is 0.390. The highest BCUT2D eigenvalue weighted by Gasteiger charge is 2.14. The van der Waals surface area contributed by atoms with Crippen LogP contribution in [-0.2, 0) is 20.9 Å². The third-order valence-electron chi connectivity index (χ3n) is 2.77. The molecule has 112 valence electrons. The number of fused-ring (bicyclic) bond motifs is 1. The molecule has 1 N–H and O–H groups in total. The van der Waals surface area contributed by atoms with Crippen LogP contribution in [0.2, 0.25) is 0 Å². The minimum Gasteiger partial charge on any atom is -0.481 e. The average molecular weight is 373 g/mol. The molecule has 8 heteroatoms. The summed E-state index contributed by atoms with van der Waals surface area (Å²) in [5, 5.41) is 9.38.